The Morgan fingerprint density at radius 2 is 1.84 bits per heavy atom. The third kappa shape index (κ3) is 5.23. The predicted octanol–water partition coefficient (Wildman–Crippen LogP) is 0.866. The molecule has 0 fully saturated rings. The van der Waals surface area contributed by atoms with Gasteiger partial charge >= 0.3 is 0 Å². The molecule has 0 heterocycles. The van der Waals surface area contributed by atoms with Crippen LogP contribution in [0.15, 0.2) is 24.3 Å². The SMILES string of the molecule is CC(C)NS(=O)(=O)NCC(C)(O)c1ccc(F)cc1. The Bertz CT molecular complexity index is 512. The Hall–Kier alpha value is -1.02. The molecule has 3 N–H and O–H groups in total. The maximum Gasteiger partial charge on any atom is 0.277 e. The lowest BCUT2D eigenvalue weighted by Gasteiger charge is -2.24. The second-order valence-electron chi connectivity index (χ2n) is 4.88. The zero-order chi connectivity index (χ0) is 14.7. The normalized spacial score (nSPS) is 15.5. The largest absolute Gasteiger partial charge is 0.384 e. The van der Waals surface area contributed by atoms with E-state index in [2.05, 4.69) is 9.44 Å². The summed E-state index contributed by atoms with van der Waals surface area (Å²) in [4.78, 5) is 0. The van der Waals surface area contributed by atoms with Crippen molar-refractivity contribution in [2.24, 2.45) is 0 Å². The van der Waals surface area contributed by atoms with Crippen molar-refractivity contribution in [2.75, 3.05) is 6.54 Å². The van der Waals surface area contributed by atoms with Gasteiger partial charge in [-0.15, -0.1) is 0 Å². The van der Waals surface area contributed by atoms with Gasteiger partial charge in [-0.25, -0.2) is 4.39 Å². The first kappa shape index (κ1) is 16.0. The molecule has 0 aromatic heterocycles. The highest BCUT2D eigenvalue weighted by molar-refractivity contribution is 7.87. The van der Waals surface area contributed by atoms with Crippen LogP contribution in [0.3, 0.4) is 0 Å². The van der Waals surface area contributed by atoms with Crippen molar-refractivity contribution < 1.29 is 17.9 Å². The first-order chi connectivity index (χ1) is 8.62. The Labute approximate surface area is 113 Å². The van der Waals surface area contributed by atoms with Crippen LogP contribution >= 0.6 is 0 Å². The van der Waals surface area contributed by atoms with Crippen LogP contribution in [0.2, 0.25) is 0 Å². The number of nitrogens with one attached hydrogen (secondary N) is 2. The zero-order valence-corrected chi connectivity index (χ0v) is 12.0. The van der Waals surface area contributed by atoms with Gasteiger partial charge in [-0.3, -0.25) is 0 Å². The predicted molar refractivity (Wildman–Crippen MR) is 71.2 cm³/mol. The average molecular weight is 290 g/mol. The molecule has 0 saturated carbocycles. The lowest BCUT2D eigenvalue weighted by Crippen LogP contribution is -2.45. The summed E-state index contributed by atoms with van der Waals surface area (Å²) in [6.07, 6.45) is 0. The molecule has 0 spiro atoms. The van der Waals surface area contributed by atoms with Gasteiger partial charge < -0.3 is 5.11 Å². The topological polar surface area (TPSA) is 78.4 Å². The summed E-state index contributed by atoms with van der Waals surface area (Å²) in [5.41, 5.74) is -0.986. The van der Waals surface area contributed by atoms with E-state index in [1.165, 1.54) is 31.2 Å². The van der Waals surface area contributed by atoms with Crippen molar-refractivity contribution in [1.29, 1.82) is 0 Å². The van der Waals surface area contributed by atoms with E-state index in [-0.39, 0.29) is 12.6 Å². The van der Waals surface area contributed by atoms with Crippen LogP contribution in [0.4, 0.5) is 4.39 Å². The fourth-order valence-corrected chi connectivity index (χ4v) is 2.67. The number of hydrogen-bond donors (Lipinski definition) is 3. The minimum absolute atomic E-state index is 0.208. The Morgan fingerprint density at radius 1 is 1.32 bits per heavy atom. The molecule has 0 radical (unpaired) electrons. The van der Waals surface area contributed by atoms with Crippen molar-refractivity contribution in [3.8, 4) is 0 Å². The lowest BCUT2D eigenvalue weighted by molar-refractivity contribution is 0.0625. The van der Waals surface area contributed by atoms with Gasteiger partial charge in [-0.2, -0.15) is 17.9 Å². The quantitative estimate of drug-likeness (QED) is 0.727. The second kappa shape index (κ2) is 5.96. The minimum atomic E-state index is -3.66. The molecule has 0 aliphatic heterocycles. The minimum Gasteiger partial charge on any atom is -0.384 e. The number of benzene rings is 1. The molecular formula is C12H19FN2O3S. The molecule has 1 aromatic carbocycles. The van der Waals surface area contributed by atoms with Gasteiger partial charge in [0, 0.05) is 12.6 Å². The van der Waals surface area contributed by atoms with Crippen molar-refractivity contribution in [2.45, 2.75) is 32.4 Å². The summed E-state index contributed by atoms with van der Waals surface area (Å²) >= 11 is 0. The van der Waals surface area contributed by atoms with Crippen LogP contribution in [0.1, 0.15) is 26.3 Å². The molecule has 19 heavy (non-hydrogen) atoms. The maximum absolute atomic E-state index is 12.8. The molecular weight excluding hydrogens is 271 g/mol. The second-order valence-corrected chi connectivity index (χ2v) is 6.41. The van der Waals surface area contributed by atoms with Crippen LogP contribution in [-0.2, 0) is 15.8 Å². The summed E-state index contributed by atoms with van der Waals surface area (Å²) in [5.74, 6) is -0.415. The smallest absolute Gasteiger partial charge is 0.277 e. The lowest BCUT2D eigenvalue weighted by atomic mass is 9.96. The highest BCUT2D eigenvalue weighted by Crippen LogP contribution is 2.20. The van der Waals surface area contributed by atoms with Crippen LogP contribution in [0, 0.1) is 5.82 Å². The van der Waals surface area contributed by atoms with Crippen molar-refractivity contribution in [1.82, 2.24) is 9.44 Å². The third-order valence-electron chi connectivity index (χ3n) is 2.46. The highest BCUT2D eigenvalue weighted by Gasteiger charge is 2.25. The van der Waals surface area contributed by atoms with Crippen LogP contribution in [0.25, 0.3) is 0 Å². The van der Waals surface area contributed by atoms with Crippen molar-refractivity contribution in [3.05, 3.63) is 35.6 Å². The molecule has 0 aliphatic rings. The molecule has 1 atom stereocenters. The molecule has 0 amide bonds. The van der Waals surface area contributed by atoms with Gasteiger partial charge in [-0.05, 0) is 38.5 Å². The standard InChI is InChI=1S/C12H19FN2O3S/c1-9(2)15-19(17,18)14-8-12(3,16)10-4-6-11(13)7-5-10/h4-7,9,14-16H,8H2,1-3H3. The maximum atomic E-state index is 12.8. The number of rotatable bonds is 6. The van der Waals surface area contributed by atoms with E-state index in [9.17, 15) is 17.9 Å². The molecule has 108 valence electrons. The molecule has 0 saturated heterocycles. The Balaban J connectivity index is 2.73. The monoisotopic (exact) mass is 290 g/mol. The molecule has 0 aliphatic carbocycles. The van der Waals surface area contributed by atoms with E-state index in [4.69, 9.17) is 0 Å². The fourth-order valence-electron chi connectivity index (χ4n) is 1.50. The van der Waals surface area contributed by atoms with Crippen molar-refractivity contribution >= 4 is 10.2 Å². The number of halogens is 1. The summed E-state index contributed by atoms with van der Waals surface area (Å²) in [6, 6.07) is 5.02. The third-order valence-corrected chi connectivity index (χ3v) is 3.77. The van der Waals surface area contributed by atoms with E-state index in [0.717, 1.165) is 0 Å². The van der Waals surface area contributed by atoms with Crippen molar-refractivity contribution in [3.63, 3.8) is 0 Å². The first-order valence-electron chi connectivity index (χ1n) is 5.88. The number of hydrogen-bond acceptors (Lipinski definition) is 3. The van der Waals surface area contributed by atoms with E-state index in [0.29, 0.717) is 5.56 Å². The Morgan fingerprint density at radius 3 is 2.32 bits per heavy atom. The molecule has 1 rings (SSSR count). The molecule has 7 heteroatoms. The summed E-state index contributed by atoms with van der Waals surface area (Å²) in [5, 5.41) is 10.2. The van der Waals surface area contributed by atoms with Crippen LogP contribution in [0.5, 0.6) is 0 Å². The van der Waals surface area contributed by atoms with Crippen LogP contribution < -0.4 is 9.44 Å². The zero-order valence-electron chi connectivity index (χ0n) is 11.1. The molecule has 0 bridgehead atoms. The van der Waals surface area contributed by atoms with Gasteiger partial charge in [0.15, 0.2) is 0 Å². The van der Waals surface area contributed by atoms with E-state index in [1.54, 1.807) is 13.8 Å². The van der Waals surface area contributed by atoms with Crippen LogP contribution in [-0.4, -0.2) is 26.1 Å². The molecule has 1 unspecified atom stereocenters. The summed E-state index contributed by atoms with van der Waals surface area (Å²) in [6.45, 7) is 4.63. The fraction of sp³-hybridized carbons (Fsp3) is 0.500. The van der Waals surface area contributed by atoms with Gasteiger partial charge in [0.25, 0.3) is 10.2 Å². The van der Waals surface area contributed by atoms with E-state index >= 15 is 0 Å². The first-order valence-corrected chi connectivity index (χ1v) is 7.36. The average Bonchev–Trinajstić information content (AvgIpc) is 2.26. The van der Waals surface area contributed by atoms with Gasteiger partial charge in [0.05, 0.1) is 0 Å². The molecule has 5 nitrogen and oxygen atoms in total. The van der Waals surface area contributed by atoms with Gasteiger partial charge in [0.2, 0.25) is 0 Å². The number of aliphatic hydroxyl groups is 1. The van der Waals surface area contributed by atoms with E-state index < -0.39 is 21.6 Å². The highest BCUT2D eigenvalue weighted by atomic mass is 32.2. The van der Waals surface area contributed by atoms with E-state index in [1.807, 2.05) is 0 Å². The summed E-state index contributed by atoms with van der Waals surface area (Å²) < 4.78 is 40.6. The van der Waals surface area contributed by atoms with Gasteiger partial charge in [0.1, 0.15) is 11.4 Å². The van der Waals surface area contributed by atoms with Gasteiger partial charge in [-0.1, -0.05) is 12.1 Å². The summed E-state index contributed by atoms with van der Waals surface area (Å²) in [7, 11) is -3.66. The Kier molecular flexibility index (Phi) is 5.03. The molecule has 1 aromatic rings.